The van der Waals surface area contributed by atoms with Crippen molar-refractivity contribution >= 4 is 5.91 Å². The van der Waals surface area contributed by atoms with Crippen LogP contribution in [0.4, 0.5) is 0 Å². The van der Waals surface area contributed by atoms with Crippen molar-refractivity contribution in [3.63, 3.8) is 0 Å². The van der Waals surface area contributed by atoms with Gasteiger partial charge in [-0.2, -0.15) is 0 Å². The fourth-order valence-electron chi connectivity index (χ4n) is 2.52. The van der Waals surface area contributed by atoms with Gasteiger partial charge in [-0.05, 0) is 19.8 Å². The van der Waals surface area contributed by atoms with Gasteiger partial charge in [-0.1, -0.05) is 19.3 Å². The predicted octanol–water partition coefficient (Wildman–Crippen LogP) is 1.23. The first-order valence-corrected chi connectivity index (χ1v) is 5.79. The van der Waals surface area contributed by atoms with Crippen molar-refractivity contribution in [2.24, 2.45) is 0 Å². The summed E-state index contributed by atoms with van der Waals surface area (Å²) in [6.07, 6.45) is 5.48. The first kappa shape index (κ1) is 10.9. The quantitative estimate of drug-likeness (QED) is 0.750. The van der Waals surface area contributed by atoms with Gasteiger partial charge in [0.05, 0.1) is 19.1 Å². The van der Waals surface area contributed by atoms with Crippen molar-refractivity contribution in [2.45, 2.75) is 57.2 Å². The maximum absolute atomic E-state index is 11.7. The zero-order valence-corrected chi connectivity index (χ0v) is 9.24. The third-order valence-corrected chi connectivity index (χ3v) is 3.25. The largest absolute Gasteiger partial charge is 0.391 e. The molecule has 1 heterocycles. The van der Waals surface area contributed by atoms with E-state index in [4.69, 9.17) is 4.84 Å². The van der Waals surface area contributed by atoms with E-state index in [2.05, 4.69) is 0 Å². The molecule has 86 valence electrons. The number of amides is 1. The molecule has 0 aromatic heterocycles. The summed E-state index contributed by atoms with van der Waals surface area (Å²) in [4.78, 5) is 17.4. The Morgan fingerprint density at radius 1 is 1.47 bits per heavy atom. The van der Waals surface area contributed by atoms with E-state index in [0.717, 1.165) is 25.7 Å². The normalized spacial score (nSPS) is 27.3. The summed E-state index contributed by atoms with van der Waals surface area (Å²) in [5.74, 6) is 0.0257. The molecule has 0 aromatic rings. The second kappa shape index (κ2) is 4.10. The van der Waals surface area contributed by atoms with Crippen LogP contribution in [0.25, 0.3) is 0 Å². The number of carbonyl (C=O) groups excluding carboxylic acids is 1. The third-order valence-electron chi connectivity index (χ3n) is 3.25. The second-order valence-electron chi connectivity index (χ2n) is 4.82. The minimum Gasteiger partial charge on any atom is -0.391 e. The SMILES string of the molecule is CC(O)CN1OC2(CCCCC2)CC1=O. The number of hydrogen-bond acceptors (Lipinski definition) is 3. The number of rotatable bonds is 2. The molecule has 0 aromatic carbocycles. The van der Waals surface area contributed by atoms with Crippen LogP contribution in [-0.2, 0) is 9.63 Å². The molecule has 1 saturated heterocycles. The molecule has 1 unspecified atom stereocenters. The average molecular weight is 213 g/mol. The van der Waals surface area contributed by atoms with Gasteiger partial charge in [0.1, 0.15) is 5.60 Å². The highest BCUT2D eigenvalue weighted by Crippen LogP contribution is 2.39. The highest BCUT2D eigenvalue weighted by Gasteiger charge is 2.45. The van der Waals surface area contributed by atoms with Crippen LogP contribution in [0.1, 0.15) is 45.4 Å². The van der Waals surface area contributed by atoms with E-state index in [1.54, 1.807) is 6.92 Å². The number of hydroxylamine groups is 2. The van der Waals surface area contributed by atoms with E-state index < -0.39 is 6.10 Å². The maximum atomic E-state index is 11.7. The molecule has 0 bridgehead atoms. The fraction of sp³-hybridized carbons (Fsp3) is 0.909. The topological polar surface area (TPSA) is 49.8 Å². The fourth-order valence-corrected chi connectivity index (χ4v) is 2.52. The van der Waals surface area contributed by atoms with Gasteiger partial charge in [-0.3, -0.25) is 9.63 Å². The Balaban J connectivity index is 1.98. The molecule has 1 spiro atoms. The van der Waals surface area contributed by atoms with Crippen LogP contribution < -0.4 is 0 Å². The highest BCUT2D eigenvalue weighted by atomic mass is 16.7. The number of aliphatic hydroxyl groups excluding tert-OH is 1. The highest BCUT2D eigenvalue weighted by molar-refractivity contribution is 5.78. The van der Waals surface area contributed by atoms with Crippen molar-refractivity contribution in [3.8, 4) is 0 Å². The number of β-amino-alcohol motifs (C(OH)–C–C–N with tert-alkyl or cyclic N) is 1. The van der Waals surface area contributed by atoms with Crippen LogP contribution >= 0.6 is 0 Å². The van der Waals surface area contributed by atoms with Gasteiger partial charge in [0.25, 0.3) is 0 Å². The molecule has 1 aliphatic heterocycles. The molecule has 15 heavy (non-hydrogen) atoms. The zero-order valence-electron chi connectivity index (χ0n) is 9.24. The van der Waals surface area contributed by atoms with Crippen LogP contribution in [0.3, 0.4) is 0 Å². The maximum Gasteiger partial charge on any atom is 0.249 e. The van der Waals surface area contributed by atoms with Gasteiger partial charge in [-0.15, -0.1) is 0 Å². The van der Waals surface area contributed by atoms with Gasteiger partial charge < -0.3 is 5.11 Å². The summed E-state index contributed by atoms with van der Waals surface area (Å²) in [6.45, 7) is 1.96. The summed E-state index contributed by atoms with van der Waals surface area (Å²) in [5, 5.41) is 10.6. The van der Waals surface area contributed by atoms with E-state index in [1.165, 1.54) is 11.5 Å². The van der Waals surface area contributed by atoms with Gasteiger partial charge in [0, 0.05) is 0 Å². The molecule has 1 saturated carbocycles. The lowest BCUT2D eigenvalue weighted by Gasteiger charge is -2.31. The number of nitrogens with zero attached hydrogens (tertiary/aromatic N) is 1. The summed E-state index contributed by atoms with van der Waals surface area (Å²) >= 11 is 0. The average Bonchev–Trinajstić information content (AvgIpc) is 2.43. The number of hydrogen-bond donors (Lipinski definition) is 1. The van der Waals surface area contributed by atoms with E-state index in [-0.39, 0.29) is 11.5 Å². The zero-order chi connectivity index (χ0) is 10.9. The Morgan fingerprint density at radius 3 is 2.73 bits per heavy atom. The Bertz CT molecular complexity index is 246. The molecule has 1 amide bonds. The van der Waals surface area contributed by atoms with E-state index >= 15 is 0 Å². The lowest BCUT2D eigenvalue weighted by atomic mass is 9.83. The minimum absolute atomic E-state index is 0.0257. The monoisotopic (exact) mass is 213 g/mol. The van der Waals surface area contributed by atoms with E-state index in [1.807, 2.05) is 0 Å². The number of carbonyl (C=O) groups is 1. The first-order chi connectivity index (χ1) is 7.11. The summed E-state index contributed by atoms with van der Waals surface area (Å²) in [6, 6.07) is 0. The van der Waals surface area contributed by atoms with Gasteiger partial charge in [0.15, 0.2) is 0 Å². The van der Waals surface area contributed by atoms with Crippen LogP contribution in [-0.4, -0.2) is 34.3 Å². The smallest absolute Gasteiger partial charge is 0.249 e. The standard InChI is InChI=1S/C11H19NO3/c1-9(13)8-12-10(14)7-11(15-12)5-3-2-4-6-11/h9,13H,2-8H2,1H3. The van der Waals surface area contributed by atoms with Crippen molar-refractivity contribution in [2.75, 3.05) is 6.54 Å². The summed E-state index contributed by atoms with van der Waals surface area (Å²) in [5.41, 5.74) is -0.232. The molecule has 1 N–H and O–H groups in total. The van der Waals surface area contributed by atoms with Crippen LogP contribution in [0, 0.1) is 0 Å². The summed E-state index contributed by atoms with van der Waals surface area (Å²) < 4.78 is 0. The van der Waals surface area contributed by atoms with E-state index in [9.17, 15) is 9.90 Å². The molecule has 1 aliphatic carbocycles. The Morgan fingerprint density at radius 2 is 2.13 bits per heavy atom. The minimum atomic E-state index is -0.521. The molecule has 2 fully saturated rings. The summed E-state index contributed by atoms with van der Waals surface area (Å²) in [7, 11) is 0. The van der Waals surface area contributed by atoms with E-state index in [0.29, 0.717) is 13.0 Å². The molecule has 1 atom stereocenters. The predicted molar refractivity (Wildman–Crippen MR) is 54.9 cm³/mol. The van der Waals surface area contributed by atoms with Crippen molar-refractivity contribution < 1.29 is 14.7 Å². The molecular weight excluding hydrogens is 194 g/mol. The van der Waals surface area contributed by atoms with Crippen molar-refractivity contribution in [1.82, 2.24) is 5.06 Å². The molecule has 4 nitrogen and oxygen atoms in total. The molecule has 0 radical (unpaired) electrons. The Kier molecular flexibility index (Phi) is 2.98. The van der Waals surface area contributed by atoms with Gasteiger partial charge in [0.2, 0.25) is 5.91 Å². The third kappa shape index (κ3) is 2.32. The van der Waals surface area contributed by atoms with Crippen LogP contribution in [0.15, 0.2) is 0 Å². The molecule has 2 aliphatic rings. The number of aliphatic hydroxyl groups is 1. The lowest BCUT2D eigenvalue weighted by molar-refractivity contribution is -0.213. The van der Waals surface area contributed by atoms with Crippen molar-refractivity contribution in [3.05, 3.63) is 0 Å². The molecule has 2 rings (SSSR count). The van der Waals surface area contributed by atoms with Crippen LogP contribution in [0.2, 0.25) is 0 Å². The lowest BCUT2D eigenvalue weighted by Crippen LogP contribution is -2.35. The van der Waals surface area contributed by atoms with Gasteiger partial charge >= 0.3 is 0 Å². The molecular formula is C11H19NO3. The Hall–Kier alpha value is -0.610. The van der Waals surface area contributed by atoms with Crippen molar-refractivity contribution in [1.29, 1.82) is 0 Å². The van der Waals surface area contributed by atoms with Gasteiger partial charge in [-0.25, -0.2) is 5.06 Å². The second-order valence-corrected chi connectivity index (χ2v) is 4.82. The Labute approximate surface area is 90.2 Å². The molecule has 4 heteroatoms. The first-order valence-electron chi connectivity index (χ1n) is 5.79. The van der Waals surface area contributed by atoms with Crippen LogP contribution in [0.5, 0.6) is 0 Å².